The molecule has 2 rings (SSSR count). The quantitative estimate of drug-likeness (QED) is 0.917. The van der Waals surface area contributed by atoms with Gasteiger partial charge in [0, 0.05) is 11.2 Å². The van der Waals surface area contributed by atoms with Crippen LogP contribution >= 0.6 is 0 Å². The Morgan fingerprint density at radius 3 is 2.55 bits per heavy atom. The van der Waals surface area contributed by atoms with Crippen molar-refractivity contribution in [3.8, 4) is 0 Å². The average molecular weight is 272 g/mol. The standard InChI is InChI=1S/C16H24N4/c1-10(2)8-16(5,6)20-15-14-13(17-9-18-15)7-11(3)12(4)19-14/h7,9-10H,8H2,1-6H3,(H,17,18,20). The first-order chi connectivity index (χ1) is 9.28. The Hall–Kier alpha value is -1.71. The first-order valence-electron chi connectivity index (χ1n) is 7.15. The van der Waals surface area contributed by atoms with Gasteiger partial charge >= 0.3 is 0 Å². The number of nitrogens with zero attached hydrogens (tertiary/aromatic N) is 3. The highest BCUT2D eigenvalue weighted by atomic mass is 15.1. The van der Waals surface area contributed by atoms with Crippen LogP contribution in [0.2, 0.25) is 0 Å². The summed E-state index contributed by atoms with van der Waals surface area (Å²) in [7, 11) is 0. The summed E-state index contributed by atoms with van der Waals surface area (Å²) in [6.07, 6.45) is 2.68. The van der Waals surface area contributed by atoms with Gasteiger partial charge in [0.1, 0.15) is 11.8 Å². The zero-order valence-electron chi connectivity index (χ0n) is 13.3. The topological polar surface area (TPSA) is 50.7 Å². The van der Waals surface area contributed by atoms with Crippen molar-refractivity contribution < 1.29 is 0 Å². The third-order valence-corrected chi connectivity index (χ3v) is 3.43. The molecule has 0 atom stereocenters. The highest BCUT2D eigenvalue weighted by molar-refractivity contribution is 5.85. The van der Waals surface area contributed by atoms with Gasteiger partial charge in [-0.15, -0.1) is 0 Å². The largest absolute Gasteiger partial charge is 0.363 e. The summed E-state index contributed by atoms with van der Waals surface area (Å²) in [6, 6.07) is 2.07. The molecule has 0 bridgehead atoms. The highest BCUT2D eigenvalue weighted by Gasteiger charge is 2.21. The maximum absolute atomic E-state index is 4.65. The SMILES string of the molecule is Cc1cc2ncnc(NC(C)(C)CC(C)C)c2nc1C. The lowest BCUT2D eigenvalue weighted by molar-refractivity contribution is 0.428. The maximum atomic E-state index is 4.65. The van der Waals surface area contributed by atoms with Gasteiger partial charge in [-0.05, 0) is 51.7 Å². The highest BCUT2D eigenvalue weighted by Crippen LogP contribution is 2.25. The molecular formula is C16H24N4. The fourth-order valence-electron chi connectivity index (χ4n) is 2.66. The van der Waals surface area contributed by atoms with Gasteiger partial charge in [0.15, 0.2) is 5.82 Å². The van der Waals surface area contributed by atoms with Gasteiger partial charge < -0.3 is 5.32 Å². The van der Waals surface area contributed by atoms with Gasteiger partial charge in [-0.1, -0.05) is 13.8 Å². The zero-order valence-corrected chi connectivity index (χ0v) is 13.3. The Balaban J connectivity index is 2.42. The van der Waals surface area contributed by atoms with Crippen LogP contribution in [-0.4, -0.2) is 20.5 Å². The van der Waals surface area contributed by atoms with Crippen LogP contribution in [0.1, 0.15) is 45.4 Å². The van der Waals surface area contributed by atoms with Gasteiger partial charge in [-0.25, -0.2) is 15.0 Å². The molecule has 2 heterocycles. The van der Waals surface area contributed by atoms with E-state index in [-0.39, 0.29) is 5.54 Å². The number of rotatable bonds is 4. The molecule has 0 saturated heterocycles. The van der Waals surface area contributed by atoms with Crippen molar-refractivity contribution in [3.05, 3.63) is 23.7 Å². The van der Waals surface area contributed by atoms with E-state index in [0.29, 0.717) is 5.92 Å². The van der Waals surface area contributed by atoms with E-state index in [9.17, 15) is 0 Å². The monoisotopic (exact) mass is 272 g/mol. The molecule has 0 fully saturated rings. The summed E-state index contributed by atoms with van der Waals surface area (Å²) in [5, 5.41) is 3.53. The molecule has 0 radical (unpaired) electrons. The Bertz CT molecular complexity index is 617. The molecule has 0 aliphatic heterocycles. The first-order valence-corrected chi connectivity index (χ1v) is 7.15. The number of fused-ring (bicyclic) bond motifs is 1. The van der Waals surface area contributed by atoms with Crippen molar-refractivity contribution >= 4 is 16.9 Å². The number of hydrogen-bond donors (Lipinski definition) is 1. The van der Waals surface area contributed by atoms with Gasteiger partial charge in [0.05, 0.1) is 5.52 Å². The van der Waals surface area contributed by atoms with Crippen LogP contribution in [0.25, 0.3) is 11.0 Å². The first kappa shape index (κ1) is 14.7. The van der Waals surface area contributed by atoms with E-state index >= 15 is 0 Å². The van der Waals surface area contributed by atoms with Crippen LogP contribution in [0.15, 0.2) is 12.4 Å². The fraction of sp³-hybridized carbons (Fsp3) is 0.562. The van der Waals surface area contributed by atoms with Crippen molar-refractivity contribution in [1.29, 1.82) is 0 Å². The third-order valence-electron chi connectivity index (χ3n) is 3.43. The number of aromatic nitrogens is 3. The lowest BCUT2D eigenvalue weighted by Crippen LogP contribution is -2.33. The van der Waals surface area contributed by atoms with E-state index in [1.165, 1.54) is 0 Å². The molecular weight excluding hydrogens is 248 g/mol. The van der Waals surface area contributed by atoms with Gasteiger partial charge in [-0.2, -0.15) is 0 Å². The summed E-state index contributed by atoms with van der Waals surface area (Å²) < 4.78 is 0. The Kier molecular flexibility index (Phi) is 3.93. The normalized spacial score (nSPS) is 12.2. The molecule has 0 spiro atoms. The summed E-state index contributed by atoms with van der Waals surface area (Å²) >= 11 is 0. The fourth-order valence-corrected chi connectivity index (χ4v) is 2.66. The molecule has 20 heavy (non-hydrogen) atoms. The molecule has 2 aromatic heterocycles. The second-order valence-electron chi connectivity index (χ2n) is 6.59. The predicted molar refractivity (Wildman–Crippen MR) is 84.0 cm³/mol. The maximum Gasteiger partial charge on any atom is 0.156 e. The van der Waals surface area contributed by atoms with Crippen LogP contribution in [0, 0.1) is 19.8 Å². The number of hydrogen-bond acceptors (Lipinski definition) is 4. The van der Waals surface area contributed by atoms with Crippen molar-refractivity contribution in [2.75, 3.05) is 5.32 Å². The van der Waals surface area contributed by atoms with Crippen molar-refractivity contribution in [2.24, 2.45) is 5.92 Å². The molecule has 1 N–H and O–H groups in total. The molecule has 0 saturated carbocycles. The van der Waals surface area contributed by atoms with Crippen LogP contribution in [0.5, 0.6) is 0 Å². The third kappa shape index (κ3) is 3.24. The van der Waals surface area contributed by atoms with E-state index in [4.69, 9.17) is 0 Å². The predicted octanol–water partition coefficient (Wildman–Crippen LogP) is 3.88. The van der Waals surface area contributed by atoms with Crippen molar-refractivity contribution in [3.63, 3.8) is 0 Å². The lowest BCUT2D eigenvalue weighted by atomic mass is 9.93. The number of aryl methyl sites for hydroxylation is 2. The molecule has 2 aromatic rings. The van der Waals surface area contributed by atoms with Crippen LogP contribution in [0.4, 0.5) is 5.82 Å². The molecule has 0 aromatic carbocycles. The minimum absolute atomic E-state index is 0.0179. The van der Waals surface area contributed by atoms with E-state index in [0.717, 1.165) is 34.5 Å². The Labute approximate surface area is 121 Å². The molecule has 0 aliphatic carbocycles. The van der Waals surface area contributed by atoms with Crippen LogP contribution in [0.3, 0.4) is 0 Å². The number of pyridine rings is 1. The Morgan fingerprint density at radius 2 is 1.90 bits per heavy atom. The second kappa shape index (κ2) is 5.35. The van der Waals surface area contributed by atoms with Crippen molar-refractivity contribution in [2.45, 2.75) is 53.5 Å². The van der Waals surface area contributed by atoms with Crippen LogP contribution in [-0.2, 0) is 0 Å². The molecule has 0 aliphatic rings. The summed E-state index contributed by atoms with van der Waals surface area (Å²) in [5.41, 5.74) is 3.91. The van der Waals surface area contributed by atoms with E-state index in [1.807, 2.05) is 6.92 Å². The molecule has 0 amide bonds. The smallest absolute Gasteiger partial charge is 0.156 e. The van der Waals surface area contributed by atoms with E-state index in [2.05, 4.69) is 61.0 Å². The summed E-state index contributed by atoms with van der Waals surface area (Å²) in [6.45, 7) is 12.9. The van der Waals surface area contributed by atoms with E-state index < -0.39 is 0 Å². The number of nitrogens with one attached hydrogen (secondary N) is 1. The minimum atomic E-state index is -0.0179. The van der Waals surface area contributed by atoms with Gasteiger partial charge in [0.25, 0.3) is 0 Å². The lowest BCUT2D eigenvalue weighted by Gasteiger charge is -2.29. The van der Waals surface area contributed by atoms with E-state index in [1.54, 1.807) is 6.33 Å². The number of anilines is 1. The zero-order chi connectivity index (χ0) is 14.9. The Morgan fingerprint density at radius 1 is 1.20 bits per heavy atom. The summed E-state index contributed by atoms with van der Waals surface area (Å²) in [5.74, 6) is 1.45. The molecule has 108 valence electrons. The molecule has 4 heteroatoms. The van der Waals surface area contributed by atoms with Gasteiger partial charge in [-0.3, -0.25) is 0 Å². The van der Waals surface area contributed by atoms with Crippen molar-refractivity contribution in [1.82, 2.24) is 15.0 Å². The van der Waals surface area contributed by atoms with Gasteiger partial charge in [0.2, 0.25) is 0 Å². The average Bonchev–Trinajstić information content (AvgIpc) is 2.29. The second-order valence-corrected chi connectivity index (χ2v) is 6.59. The summed E-state index contributed by atoms with van der Waals surface area (Å²) in [4.78, 5) is 13.4. The molecule has 4 nitrogen and oxygen atoms in total. The molecule has 0 unspecified atom stereocenters. The van der Waals surface area contributed by atoms with Crippen LogP contribution < -0.4 is 5.32 Å². The minimum Gasteiger partial charge on any atom is -0.363 e.